The fourth-order valence-corrected chi connectivity index (χ4v) is 3.50. The summed E-state index contributed by atoms with van der Waals surface area (Å²) in [6.45, 7) is 4.32. The van der Waals surface area contributed by atoms with Crippen molar-refractivity contribution >= 4 is 35.6 Å². The molecule has 39 heavy (non-hydrogen) atoms. The second-order valence-electron chi connectivity index (χ2n) is 9.48. The van der Waals surface area contributed by atoms with Crippen molar-refractivity contribution in [2.24, 2.45) is 50.3 Å². The van der Waals surface area contributed by atoms with Crippen LogP contribution in [0.15, 0.2) is 9.98 Å². The van der Waals surface area contributed by atoms with Gasteiger partial charge in [-0.3, -0.25) is 24.4 Å². The number of hydrogen-bond donors (Lipinski definition) is 10. The van der Waals surface area contributed by atoms with Crippen molar-refractivity contribution in [3.63, 3.8) is 0 Å². The predicted molar refractivity (Wildman–Crippen MR) is 149 cm³/mol. The Labute approximate surface area is 229 Å². The standard InChI is InChI=1S/C23H47N11O5/c1-13(2)17(34-18(35)14(25)7-3-4-10-24)20(37)32-15(8-5-11-30-22(26)27)19(36)33-16(21(38)39)9-6-12-31-23(28)29/h13-17H,3-12,24-25H2,1-2H3,(H,32,37)(H,33,36)(H,34,35)(H,38,39)(H4,26,27,30)(H4,28,29,31). The van der Waals surface area contributed by atoms with Gasteiger partial charge in [-0.25, -0.2) is 4.79 Å². The average Bonchev–Trinajstić information content (AvgIpc) is 2.85. The second kappa shape index (κ2) is 19.4. The number of unbranched alkanes of at least 4 members (excludes halogenated alkanes) is 1. The summed E-state index contributed by atoms with van der Waals surface area (Å²) >= 11 is 0. The highest BCUT2D eigenvalue weighted by molar-refractivity contribution is 5.94. The largest absolute Gasteiger partial charge is 0.480 e. The molecule has 0 rings (SSSR count). The fourth-order valence-electron chi connectivity index (χ4n) is 3.50. The number of nitrogens with two attached hydrogens (primary N) is 6. The molecule has 16 heteroatoms. The van der Waals surface area contributed by atoms with Gasteiger partial charge < -0.3 is 55.5 Å². The first-order valence-corrected chi connectivity index (χ1v) is 13.0. The number of carbonyl (C=O) groups is 4. The molecule has 0 heterocycles. The molecule has 224 valence electrons. The van der Waals surface area contributed by atoms with Crippen LogP contribution in [0.25, 0.3) is 0 Å². The van der Waals surface area contributed by atoms with E-state index in [9.17, 15) is 24.3 Å². The Morgan fingerprint density at radius 2 is 1.23 bits per heavy atom. The Hall–Kier alpha value is -3.66. The lowest BCUT2D eigenvalue weighted by Crippen LogP contribution is -2.58. The zero-order valence-corrected chi connectivity index (χ0v) is 22.9. The van der Waals surface area contributed by atoms with Gasteiger partial charge in [0.1, 0.15) is 18.1 Å². The second-order valence-corrected chi connectivity index (χ2v) is 9.48. The number of carboxylic acids is 1. The van der Waals surface area contributed by atoms with E-state index < -0.39 is 47.9 Å². The lowest BCUT2D eigenvalue weighted by atomic mass is 10.0. The van der Waals surface area contributed by atoms with Crippen LogP contribution in [0.1, 0.15) is 58.8 Å². The van der Waals surface area contributed by atoms with Gasteiger partial charge in [0.05, 0.1) is 6.04 Å². The van der Waals surface area contributed by atoms with Gasteiger partial charge in [-0.15, -0.1) is 0 Å². The van der Waals surface area contributed by atoms with Gasteiger partial charge in [0.25, 0.3) is 0 Å². The molecule has 16 nitrogen and oxygen atoms in total. The van der Waals surface area contributed by atoms with E-state index in [2.05, 4.69) is 25.9 Å². The SMILES string of the molecule is CC(C)C(NC(=O)C(N)CCCCN)C(=O)NC(CCCN=C(N)N)C(=O)NC(CCCN=C(N)N)C(=O)O. The van der Waals surface area contributed by atoms with E-state index in [1.807, 2.05) is 0 Å². The third-order valence-electron chi connectivity index (χ3n) is 5.69. The van der Waals surface area contributed by atoms with Gasteiger partial charge in [-0.1, -0.05) is 20.3 Å². The number of amides is 3. The van der Waals surface area contributed by atoms with E-state index in [0.717, 1.165) is 6.42 Å². The maximum Gasteiger partial charge on any atom is 0.326 e. The third-order valence-corrected chi connectivity index (χ3v) is 5.69. The number of aliphatic imine (C=N–C) groups is 2. The topological polar surface area (TPSA) is 305 Å². The molecule has 0 spiro atoms. The summed E-state index contributed by atoms with van der Waals surface area (Å²) in [5, 5.41) is 17.3. The van der Waals surface area contributed by atoms with E-state index >= 15 is 0 Å². The van der Waals surface area contributed by atoms with E-state index in [4.69, 9.17) is 34.4 Å². The number of guanidine groups is 2. The molecule has 4 unspecified atom stereocenters. The minimum absolute atomic E-state index is 0.0548. The molecule has 0 radical (unpaired) electrons. The van der Waals surface area contributed by atoms with Gasteiger partial charge in [0, 0.05) is 13.1 Å². The first kappa shape index (κ1) is 35.3. The van der Waals surface area contributed by atoms with Gasteiger partial charge in [-0.2, -0.15) is 0 Å². The monoisotopic (exact) mass is 557 g/mol. The first-order valence-electron chi connectivity index (χ1n) is 13.0. The highest BCUT2D eigenvalue weighted by atomic mass is 16.4. The summed E-state index contributed by atoms with van der Waals surface area (Å²) in [6, 6.07) is -4.17. The summed E-state index contributed by atoms with van der Waals surface area (Å²) < 4.78 is 0. The van der Waals surface area contributed by atoms with E-state index in [-0.39, 0.29) is 43.8 Å². The van der Waals surface area contributed by atoms with E-state index in [1.165, 1.54) is 0 Å². The molecule has 0 bridgehead atoms. The molecule has 0 aliphatic rings. The number of nitrogens with one attached hydrogen (secondary N) is 3. The van der Waals surface area contributed by atoms with Crippen molar-refractivity contribution in [1.82, 2.24) is 16.0 Å². The van der Waals surface area contributed by atoms with Gasteiger partial charge in [-0.05, 0) is 51.0 Å². The minimum Gasteiger partial charge on any atom is -0.480 e. The summed E-state index contributed by atoms with van der Waals surface area (Å²) in [5.41, 5.74) is 32.6. The van der Waals surface area contributed by atoms with Gasteiger partial charge >= 0.3 is 5.97 Å². The Morgan fingerprint density at radius 3 is 1.69 bits per heavy atom. The van der Waals surface area contributed by atoms with Crippen LogP contribution in [0.2, 0.25) is 0 Å². The van der Waals surface area contributed by atoms with Crippen molar-refractivity contribution in [3.8, 4) is 0 Å². The third kappa shape index (κ3) is 16.0. The summed E-state index contributed by atoms with van der Waals surface area (Å²) in [4.78, 5) is 58.2. The molecule has 0 fully saturated rings. The lowest BCUT2D eigenvalue weighted by molar-refractivity contribution is -0.142. The van der Waals surface area contributed by atoms with Crippen LogP contribution in [-0.4, -0.2) is 84.5 Å². The molecule has 0 aliphatic heterocycles. The molecule has 0 aromatic rings. The maximum absolute atomic E-state index is 13.2. The van der Waals surface area contributed by atoms with Crippen LogP contribution in [0.3, 0.4) is 0 Å². The van der Waals surface area contributed by atoms with Crippen LogP contribution in [0.4, 0.5) is 0 Å². The smallest absolute Gasteiger partial charge is 0.326 e. The summed E-state index contributed by atoms with van der Waals surface area (Å²) in [7, 11) is 0. The molecule has 0 aromatic carbocycles. The number of carboxylic acid groups (broad SMARTS) is 1. The molecule has 0 aromatic heterocycles. The Morgan fingerprint density at radius 1 is 0.718 bits per heavy atom. The van der Waals surface area contributed by atoms with Gasteiger partial charge in [0.15, 0.2) is 11.9 Å². The Bertz CT molecular complexity index is 842. The zero-order valence-electron chi connectivity index (χ0n) is 22.9. The molecular weight excluding hydrogens is 510 g/mol. The van der Waals surface area contributed by atoms with Crippen molar-refractivity contribution in [2.75, 3.05) is 19.6 Å². The normalized spacial score (nSPS) is 13.9. The van der Waals surface area contributed by atoms with E-state index in [0.29, 0.717) is 32.2 Å². The maximum atomic E-state index is 13.2. The number of nitrogens with zero attached hydrogens (tertiary/aromatic N) is 2. The minimum atomic E-state index is -1.26. The average molecular weight is 558 g/mol. The molecule has 4 atom stereocenters. The number of carbonyl (C=O) groups excluding carboxylic acids is 3. The fraction of sp³-hybridized carbons (Fsp3) is 0.739. The van der Waals surface area contributed by atoms with E-state index in [1.54, 1.807) is 13.8 Å². The lowest BCUT2D eigenvalue weighted by Gasteiger charge is -2.27. The summed E-state index contributed by atoms with van der Waals surface area (Å²) in [5.74, 6) is -3.67. The van der Waals surface area contributed by atoms with Crippen LogP contribution in [0, 0.1) is 5.92 Å². The molecule has 0 saturated carbocycles. The van der Waals surface area contributed by atoms with Crippen molar-refractivity contribution in [1.29, 1.82) is 0 Å². The highest BCUT2D eigenvalue weighted by Crippen LogP contribution is 2.08. The molecule has 3 amide bonds. The number of rotatable bonds is 20. The molecule has 0 aliphatic carbocycles. The molecule has 16 N–H and O–H groups in total. The molecular formula is C23H47N11O5. The van der Waals surface area contributed by atoms with Crippen molar-refractivity contribution in [3.05, 3.63) is 0 Å². The van der Waals surface area contributed by atoms with Crippen LogP contribution >= 0.6 is 0 Å². The van der Waals surface area contributed by atoms with Crippen LogP contribution in [0.5, 0.6) is 0 Å². The predicted octanol–water partition coefficient (Wildman–Crippen LogP) is -3.26. The van der Waals surface area contributed by atoms with Crippen LogP contribution < -0.4 is 50.4 Å². The quantitative estimate of drug-likeness (QED) is 0.0402. The molecule has 0 saturated heterocycles. The number of hydrogen-bond acceptors (Lipinski definition) is 8. The zero-order chi connectivity index (χ0) is 30.0. The first-order chi connectivity index (χ1) is 18.3. The van der Waals surface area contributed by atoms with Crippen molar-refractivity contribution < 1.29 is 24.3 Å². The van der Waals surface area contributed by atoms with Crippen molar-refractivity contribution in [2.45, 2.75) is 83.0 Å². The number of aliphatic carboxylic acids is 1. The Kier molecular flexibility index (Phi) is 17.6. The van der Waals surface area contributed by atoms with Gasteiger partial charge in [0.2, 0.25) is 17.7 Å². The summed E-state index contributed by atoms with van der Waals surface area (Å²) in [6.07, 6.45) is 2.55. The Balaban J connectivity index is 5.52. The highest BCUT2D eigenvalue weighted by Gasteiger charge is 2.31. The van der Waals surface area contributed by atoms with Crippen LogP contribution in [-0.2, 0) is 19.2 Å².